The van der Waals surface area contributed by atoms with E-state index in [1.54, 1.807) is 0 Å². The van der Waals surface area contributed by atoms with Crippen molar-refractivity contribution in [2.75, 3.05) is 6.61 Å². The number of amides is 1. The van der Waals surface area contributed by atoms with Crippen LogP contribution in [-0.2, 0) is 9.53 Å². The summed E-state index contributed by atoms with van der Waals surface area (Å²) < 4.78 is 5.61. The Morgan fingerprint density at radius 2 is 2.07 bits per heavy atom. The van der Waals surface area contributed by atoms with Gasteiger partial charge >= 0.3 is 0 Å². The first-order chi connectivity index (χ1) is 6.59. The van der Waals surface area contributed by atoms with Gasteiger partial charge in [0, 0.05) is 6.42 Å². The third-order valence-corrected chi connectivity index (χ3v) is 3.25. The second-order valence-electron chi connectivity index (χ2n) is 4.48. The zero-order valence-corrected chi connectivity index (χ0v) is 9.16. The lowest BCUT2D eigenvalue weighted by Gasteiger charge is -2.31. The van der Waals surface area contributed by atoms with Gasteiger partial charge in [0.2, 0.25) is 5.91 Å². The molecule has 3 unspecified atom stereocenters. The highest BCUT2D eigenvalue weighted by Crippen LogP contribution is 2.30. The van der Waals surface area contributed by atoms with Crippen molar-refractivity contribution in [3.63, 3.8) is 0 Å². The molecule has 0 aromatic rings. The Hall–Kier alpha value is -0.570. The van der Waals surface area contributed by atoms with Crippen LogP contribution in [0.2, 0.25) is 0 Å². The molecule has 1 rings (SSSR count). The van der Waals surface area contributed by atoms with E-state index in [1.165, 1.54) is 6.42 Å². The standard InChI is InChI=1S/C11H21NO2/c1-8-3-4-10(7-9(8)2)14-6-5-11(12)13/h8-10H,3-7H2,1-2H3,(H2,12,13). The molecule has 3 heteroatoms. The number of hydrogen-bond donors (Lipinski definition) is 1. The second kappa shape index (κ2) is 5.35. The fourth-order valence-corrected chi connectivity index (χ4v) is 1.98. The third-order valence-electron chi connectivity index (χ3n) is 3.25. The van der Waals surface area contributed by atoms with Crippen LogP contribution >= 0.6 is 0 Å². The Bertz CT molecular complexity index is 194. The molecule has 0 aliphatic heterocycles. The Balaban J connectivity index is 2.16. The summed E-state index contributed by atoms with van der Waals surface area (Å²) in [7, 11) is 0. The van der Waals surface area contributed by atoms with Crippen LogP contribution in [0.25, 0.3) is 0 Å². The fraction of sp³-hybridized carbons (Fsp3) is 0.909. The molecule has 0 radical (unpaired) electrons. The van der Waals surface area contributed by atoms with Gasteiger partial charge < -0.3 is 10.5 Å². The van der Waals surface area contributed by atoms with Crippen LogP contribution < -0.4 is 5.73 Å². The van der Waals surface area contributed by atoms with Crippen molar-refractivity contribution in [3.8, 4) is 0 Å². The van der Waals surface area contributed by atoms with Gasteiger partial charge in [-0.3, -0.25) is 4.79 Å². The van der Waals surface area contributed by atoms with Crippen molar-refractivity contribution in [2.24, 2.45) is 17.6 Å². The number of carbonyl (C=O) groups is 1. The van der Waals surface area contributed by atoms with Crippen LogP contribution in [0.15, 0.2) is 0 Å². The predicted molar refractivity (Wildman–Crippen MR) is 55.7 cm³/mol. The van der Waals surface area contributed by atoms with E-state index in [-0.39, 0.29) is 5.91 Å². The number of ether oxygens (including phenoxy) is 1. The molecule has 0 heterocycles. The van der Waals surface area contributed by atoms with E-state index in [2.05, 4.69) is 13.8 Å². The molecule has 0 bridgehead atoms. The molecular weight excluding hydrogens is 178 g/mol. The van der Waals surface area contributed by atoms with Gasteiger partial charge in [0.15, 0.2) is 0 Å². The maximum absolute atomic E-state index is 10.5. The van der Waals surface area contributed by atoms with E-state index in [4.69, 9.17) is 10.5 Å². The number of primary amides is 1. The van der Waals surface area contributed by atoms with Crippen LogP contribution in [0.5, 0.6) is 0 Å². The molecule has 0 spiro atoms. The summed E-state index contributed by atoms with van der Waals surface area (Å²) in [5, 5.41) is 0. The first-order valence-corrected chi connectivity index (χ1v) is 5.49. The lowest BCUT2D eigenvalue weighted by atomic mass is 9.80. The summed E-state index contributed by atoms with van der Waals surface area (Å²) >= 11 is 0. The molecule has 1 amide bonds. The average molecular weight is 199 g/mol. The lowest BCUT2D eigenvalue weighted by molar-refractivity contribution is -0.119. The van der Waals surface area contributed by atoms with Gasteiger partial charge in [0.1, 0.15) is 0 Å². The summed E-state index contributed by atoms with van der Waals surface area (Å²) in [6.45, 7) is 5.06. The highest BCUT2D eigenvalue weighted by atomic mass is 16.5. The van der Waals surface area contributed by atoms with Gasteiger partial charge in [-0.15, -0.1) is 0 Å². The van der Waals surface area contributed by atoms with E-state index in [0.29, 0.717) is 19.1 Å². The van der Waals surface area contributed by atoms with Crippen LogP contribution in [0.4, 0.5) is 0 Å². The molecule has 1 aliphatic rings. The van der Waals surface area contributed by atoms with Crippen LogP contribution in [0.1, 0.15) is 39.5 Å². The minimum absolute atomic E-state index is 0.276. The molecule has 82 valence electrons. The van der Waals surface area contributed by atoms with Crippen molar-refractivity contribution in [3.05, 3.63) is 0 Å². The van der Waals surface area contributed by atoms with Crippen LogP contribution in [-0.4, -0.2) is 18.6 Å². The zero-order chi connectivity index (χ0) is 10.6. The molecular formula is C11H21NO2. The number of hydrogen-bond acceptors (Lipinski definition) is 2. The molecule has 2 N–H and O–H groups in total. The van der Waals surface area contributed by atoms with Crippen molar-refractivity contribution in [1.29, 1.82) is 0 Å². The normalized spacial score (nSPS) is 32.9. The molecule has 1 fully saturated rings. The highest BCUT2D eigenvalue weighted by molar-refractivity contribution is 5.73. The first kappa shape index (κ1) is 11.5. The van der Waals surface area contributed by atoms with Crippen molar-refractivity contribution >= 4 is 5.91 Å². The van der Waals surface area contributed by atoms with E-state index in [1.807, 2.05) is 0 Å². The monoisotopic (exact) mass is 199 g/mol. The Morgan fingerprint density at radius 1 is 1.36 bits per heavy atom. The summed E-state index contributed by atoms with van der Waals surface area (Å²) in [5.74, 6) is 1.27. The van der Waals surface area contributed by atoms with Crippen molar-refractivity contribution in [1.82, 2.24) is 0 Å². The second-order valence-corrected chi connectivity index (χ2v) is 4.48. The first-order valence-electron chi connectivity index (χ1n) is 5.49. The maximum atomic E-state index is 10.5. The molecule has 0 aromatic heterocycles. The highest BCUT2D eigenvalue weighted by Gasteiger charge is 2.24. The van der Waals surface area contributed by atoms with Gasteiger partial charge in [-0.05, 0) is 31.1 Å². The topological polar surface area (TPSA) is 52.3 Å². The van der Waals surface area contributed by atoms with Crippen molar-refractivity contribution in [2.45, 2.75) is 45.6 Å². The largest absolute Gasteiger partial charge is 0.378 e. The molecule has 3 atom stereocenters. The molecule has 1 saturated carbocycles. The number of rotatable bonds is 4. The SMILES string of the molecule is CC1CCC(OCCC(N)=O)CC1C. The summed E-state index contributed by atoms with van der Waals surface area (Å²) in [6, 6.07) is 0. The Kier molecular flexibility index (Phi) is 4.39. The molecule has 0 saturated heterocycles. The van der Waals surface area contributed by atoms with E-state index in [0.717, 1.165) is 24.7 Å². The Labute approximate surface area is 86.0 Å². The number of carbonyl (C=O) groups excluding carboxylic acids is 1. The van der Waals surface area contributed by atoms with E-state index >= 15 is 0 Å². The van der Waals surface area contributed by atoms with Gasteiger partial charge in [0.05, 0.1) is 12.7 Å². The summed E-state index contributed by atoms with van der Waals surface area (Å²) in [6.07, 6.45) is 4.19. The Morgan fingerprint density at radius 3 is 2.64 bits per heavy atom. The van der Waals surface area contributed by atoms with Crippen LogP contribution in [0.3, 0.4) is 0 Å². The molecule has 14 heavy (non-hydrogen) atoms. The number of nitrogens with two attached hydrogens (primary N) is 1. The summed E-state index contributed by atoms with van der Waals surface area (Å²) in [5.41, 5.74) is 5.04. The molecule has 0 aromatic carbocycles. The van der Waals surface area contributed by atoms with Gasteiger partial charge in [0.25, 0.3) is 0 Å². The average Bonchev–Trinajstić information content (AvgIpc) is 2.10. The van der Waals surface area contributed by atoms with E-state index < -0.39 is 0 Å². The smallest absolute Gasteiger partial charge is 0.219 e. The van der Waals surface area contributed by atoms with Gasteiger partial charge in [-0.25, -0.2) is 0 Å². The zero-order valence-electron chi connectivity index (χ0n) is 9.16. The molecule has 1 aliphatic carbocycles. The fourth-order valence-electron chi connectivity index (χ4n) is 1.98. The third kappa shape index (κ3) is 3.66. The van der Waals surface area contributed by atoms with Crippen molar-refractivity contribution < 1.29 is 9.53 Å². The van der Waals surface area contributed by atoms with E-state index in [9.17, 15) is 4.79 Å². The van der Waals surface area contributed by atoms with Gasteiger partial charge in [-0.2, -0.15) is 0 Å². The predicted octanol–water partition coefficient (Wildman–Crippen LogP) is 1.70. The van der Waals surface area contributed by atoms with Crippen LogP contribution in [0, 0.1) is 11.8 Å². The summed E-state index contributed by atoms with van der Waals surface area (Å²) in [4.78, 5) is 10.5. The minimum Gasteiger partial charge on any atom is -0.378 e. The minimum atomic E-state index is -0.276. The lowest BCUT2D eigenvalue weighted by Crippen LogP contribution is -2.27. The molecule has 3 nitrogen and oxygen atoms in total. The van der Waals surface area contributed by atoms with Gasteiger partial charge in [-0.1, -0.05) is 13.8 Å². The quantitative estimate of drug-likeness (QED) is 0.749. The maximum Gasteiger partial charge on any atom is 0.219 e.